The average molecular weight is 524 g/mol. The van der Waals surface area contributed by atoms with Crippen molar-refractivity contribution in [2.45, 2.75) is 6.04 Å². The number of aromatic amines is 1. The predicted molar refractivity (Wildman–Crippen MR) is 130 cm³/mol. The molecule has 0 radical (unpaired) electrons. The third kappa shape index (κ3) is 4.59. The molecule has 1 atom stereocenters. The summed E-state index contributed by atoms with van der Waals surface area (Å²) in [6, 6.07) is 7.59. The predicted octanol–water partition coefficient (Wildman–Crippen LogP) is 5.54. The van der Waals surface area contributed by atoms with Crippen molar-refractivity contribution < 1.29 is 8.78 Å². The first-order chi connectivity index (χ1) is 17.4. The summed E-state index contributed by atoms with van der Waals surface area (Å²) in [4.78, 5) is 11.8. The largest absolute Gasteiger partial charge is 0.373 e. The zero-order chi connectivity index (χ0) is 25.2. The Morgan fingerprint density at radius 3 is 2.56 bits per heavy atom. The van der Waals surface area contributed by atoms with Crippen LogP contribution in [0.2, 0.25) is 10.0 Å². The molecule has 0 amide bonds. The average Bonchev–Trinajstić information content (AvgIpc) is 3.40. The van der Waals surface area contributed by atoms with Gasteiger partial charge in [-0.05, 0) is 18.2 Å². The molecule has 5 rings (SSSR count). The van der Waals surface area contributed by atoms with Crippen LogP contribution in [-0.4, -0.2) is 30.4 Å². The second-order valence-electron chi connectivity index (χ2n) is 7.54. The smallest absolute Gasteiger partial charge is 0.249 e. The maximum atomic E-state index is 13.8. The molecular formula is C23H13Cl2F2N9. The molecule has 0 saturated carbocycles. The van der Waals surface area contributed by atoms with Gasteiger partial charge in [0.2, 0.25) is 5.95 Å². The van der Waals surface area contributed by atoms with Crippen LogP contribution in [-0.2, 0) is 0 Å². The van der Waals surface area contributed by atoms with Crippen molar-refractivity contribution in [3.63, 3.8) is 0 Å². The fourth-order valence-electron chi connectivity index (χ4n) is 3.63. The molecule has 9 nitrogen and oxygen atoms in total. The molecule has 0 spiro atoms. The van der Waals surface area contributed by atoms with Gasteiger partial charge in [-0.25, -0.2) is 9.37 Å². The Balaban J connectivity index is 1.62. The summed E-state index contributed by atoms with van der Waals surface area (Å²) in [6.07, 6.45) is 7.16. The maximum Gasteiger partial charge on any atom is 0.249 e. The van der Waals surface area contributed by atoms with Gasteiger partial charge in [-0.1, -0.05) is 23.2 Å². The fraction of sp³-hybridized carbons (Fsp3) is 0.0435. The summed E-state index contributed by atoms with van der Waals surface area (Å²) in [5, 5.41) is 27.8. The number of hydrogen-bond acceptors (Lipinski definition) is 8. The number of aromatic nitrogens is 6. The lowest BCUT2D eigenvalue weighted by atomic mass is 10.0. The van der Waals surface area contributed by atoms with Crippen LogP contribution in [0.25, 0.3) is 10.9 Å². The van der Waals surface area contributed by atoms with E-state index in [2.05, 4.69) is 41.0 Å². The van der Waals surface area contributed by atoms with E-state index in [-0.39, 0.29) is 16.3 Å². The second-order valence-corrected chi connectivity index (χ2v) is 8.39. The van der Waals surface area contributed by atoms with E-state index in [0.717, 1.165) is 12.3 Å². The van der Waals surface area contributed by atoms with Gasteiger partial charge in [-0.2, -0.15) is 25.1 Å². The molecule has 1 aromatic carbocycles. The molecule has 0 unspecified atom stereocenters. The van der Waals surface area contributed by atoms with Crippen molar-refractivity contribution in [2.75, 3.05) is 10.6 Å². The fourth-order valence-corrected chi connectivity index (χ4v) is 4.08. The Kier molecular flexibility index (Phi) is 6.28. The molecule has 3 N–H and O–H groups in total. The minimum Gasteiger partial charge on any atom is -0.373 e. The number of rotatable bonds is 6. The highest BCUT2D eigenvalue weighted by molar-refractivity contribution is 6.36. The normalized spacial score (nSPS) is 11.8. The number of benzene rings is 1. The third-order valence-electron chi connectivity index (χ3n) is 5.21. The van der Waals surface area contributed by atoms with Crippen LogP contribution in [0.4, 0.5) is 25.8 Å². The van der Waals surface area contributed by atoms with Gasteiger partial charge in [0.25, 0.3) is 0 Å². The topological polar surface area (TPSA) is 128 Å². The van der Waals surface area contributed by atoms with Gasteiger partial charge in [0.1, 0.15) is 11.8 Å². The highest BCUT2D eigenvalue weighted by Gasteiger charge is 2.20. The van der Waals surface area contributed by atoms with Gasteiger partial charge in [0.05, 0.1) is 50.9 Å². The van der Waals surface area contributed by atoms with Crippen LogP contribution in [0.5, 0.6) is 0 Å². The molecule has 0 aliphatic carbocycles. The molecule has 4 aromatic heterocycles. The summed E-state index contributed by atoms with van der Waals surface area (Å²) < 4.78 is 27.1. The zero-order valence-electron chi connectivity index (χ0n) is 18.0. The van der Waals surface area contributed by atoms with Gasteiger partial charge in [-0.3, -0.25) is 9.97 Å². The van der Waals surface area contributed by atoms with E-state index in [4.69, 9.17) is 23.2 Å². The third-order valence-corrected chi connectivity index (χ3v) is 5.71. The standard InChI is InChI=1S/C23H13Cl2F2N9/c24-13-1-11(6-29-8-13)21(19-10-32-36-35-19)33-14-2-16-20(34-15-4-18(26)23(27)31-9-15)12(5-28)7-30-22(16)17(25)3-14/h1-4,6-10,21,33H,(H,30,34)(H,32,35,36)/t21-/m0/s1. The molecular weight excluding hydrogens is 511 g/mol. The van der Waals surface area contributed by atoms with Crippen molar-refractivity contribution in [1.82, 2.24) is 30.4 Å². The van der Waals surface area contributed by atoms with E-state index in [1.807, 2.05) is 6.07 Å². The van der Waals surface area contributed by atoms with Crippen molar-refractivity contribution in [3.05, 3.63) is 93.9 Å². The summed E-state index contributed by atoms with van der Waals surface area (Å²) in [5.41, 5.74) is 2.80. The molecule has 0 saturated heterocycles. The Morgan fingerprint density at radius 1 is 0.972 bits per heavy atom. The van der Waals surface area contributed by atoms with Crippen LogP contribution in [0, 0.1) is 23.1 Å². The van der Waals surface area contributed by atoms with Crippen LogP contribution >= 0.6 is 23.2 Å². The highest BCUT2D eigenvalue weighted by atomic mass is 35.5. The maximum absolute atomic E-state index is 13.8. The molecule has 178 valence electrons. The molecule has 13 heteroatoms. The summed E-state index contributed by atoms with van der Waals surface area (Å²) in [7, 11) is 0. The second kappa shape index (κ2) is 9.69. The lowest BCUT2D eigenvalue weighted by Gasteiger charge is -2.20. The number of fused-ring (bicyclic) bond motifs is 1. The number of pyridine rings is 3. The number of halogens is 4. The van der Waals surface area contributed by atoms with Crippen molar-refractivity contribution >= 4 is 51.2 Å². The van der Waals surface area contributed by atoms with Crippen molar-refractivity contribution in [2.24, 2.45) is 0 Å². The molecule has 36 heavy (non-hydrogen) atoms. The summed E-state index contributed by atoms with van der Waals surface area (Å²) in [6.45, 7) is 0. The quantitative estimate of drug-likeness (QED) is 0.247. The van der Waals surface area contributed by atoms with Crippen molar-refractivity contribution in [3.8, 4) is 6.07 Å². The SMILES string of the molecule is N#Cc1cnc2c(Cl)cc(N[C@@H](c3cncc(Cl)c3)c3cn[nH]n3)cc2c1Nc1cnc(F)c(F)c1. The van der Waals surface area contributed by atoms with Crippen LogP contribution in [0.1, 0.15) is 22.9 Å². The molecule has 0 fully saturated rings. The minimum absolute atomic E-state index is 0.137. The van der Waals surface area contributed by atoms with Gasteiger partial charge in [-0.15, -0.1) is 0 Å². The van der Waals surface area contributed by atoms with E-state index in [1.54, 1.807) is 30.6 Å². The molecule has 4 heterocycles. The van der Waals surface area contributed by atoms with E-state index in [1.165, 1.54) is 12.4 Å². The van der Waals surface area contributed by atoms with Crippen LogP contribution < -0.4 is 10.6 Å². The van der Waals surface area contributed by atoms with E-state index in [0.29, 0.717) is 38.6 Å². The van der Waals surface area contributed by atoms with E-state index < -0.39 is 17.8 Å². The Labute approximate surface area is 212 Å². The first kappa shape index (κ1) is 23.3. The first-order valence-corrected chi connectivity index (χ1v) is 11.0. The summed E-state index contributed by atoms with van der Waals surface area (Å²) >= 11 is 12.7. The van der Waals surface area contributed by atoms with Crippen LogP contribution in [0.15, 0.2) is 55.2 Å². The van der Waals surface area contributed by atoms with Crippen LogP contribution in [0.3, 0.4) is 0 Å². The number of nitrogens with one attached hydrogen (secondary N) is 3. The van der Waals surface area contributed by atoms with Gasteiger partial charge in [0.15, 0.2) is 5.82 Å². The minimum atomic E-state index is -1.23. The number of nitriles is 1. The highest BCUT2D eigenvalue weighted by Crippen LogP contribution is 2.36. The number of hydrogen-bond donors (Lipinski definition) is 3. The number of nitrogens with zero attached hydrogens (tertiary/aromatic N) is 6. The number of anilines is 3. The zero-order valence-corrected chi connectivity index (χ0v) is 19.5. The Bertz CT molecular complexity index is 1620. The van der Waals surface area contributed by atoms with Gasteiger partial charge < -0.3 is 10.6 Å². The van der Waals surface area contributed by atoms with E-state index >= 15 is 0 Å². The summed E-state index contributed by atoms with van der Waals surface area (Å²) in [5.74, 6) is -2.37. The molecule has 0 aliphatic rings. The van der Waals surface area contributed by atoms with Gasteiger partial charge >= 0.3 is 0 Å². The van der Waals surface area contributed by atoms with Crippen molar-refractivity contribution in [1.29, 1.82) is 5.26 Å². The Hall–Kier alpha value is -4.40. The first-order valence-electron chi connectivity index (χ1n) is 10.3. The molecule has 5 aromatic rings. The molecule has 0 bridgehead atoms. The Morgan fingerprint density at radius 2 is 1.83 bits per heavy atom. The lowest BCUT2D eigenvalue weighted by molar-refractivity contribution is 0.480. The monoisotopic (exact) mass is 523 g/mol. The lowest BCUT2D eigenvalue weighted by Crippen LogP contribution is -2.13. The van der Waals surface area contributed by atoms with E-state index in [9.17, 15) is 14.0 Å². The van der Waals surface area contributed by atoms with Gasteiger partial charge in [0, 0.05) is 41.3 Å². The number of H-pyrrole nitrogens is 1. The molecule has 0 aliphatic heterocycles.